The van der Waals surface area contributed by atoms with E-state index in [1.54, 1.807) is 52.9 Å². The van der Waals surface area contributed by atoms with Crippen molar-refractivity contribution in [2.24, 2.45) is 7.05 Å². The molecule has 30 heavy (non-hydrogen) atoms. The maximum absolute atomic E-state index is 12.6. The van der Waals surface area contributed by atoms with Crippen molar-refractivity contribution in [3.05, 3.63) is 93.2 Å². The van der Waals surface area contributed by atoms with Gasteiger partial charge in [-0.1, -0.05) is 30.8 Å². The lowest BCUT2D eigenvalue weighted by Gasteiger charge is -2.15. The Kier molecular flexibility index (Phi) is 5.27. The van der Waals surface area contributed by atoms with Crippen LogP contribution in [0.2, 0.25) is 0 Å². The van der Waals surface area contributed by atoms with Crippen LogP contribution in [0.3, 0.4) is 0 Å². The van der Waals surface area contributed by atoms with Crippen molar-refractivity contribution in [3.8, 4) is 11.1 Å². The number of hydrogen-bond acceptors (Lipinski definition) is 5. The Bertz CT molecular complexity index is 1410. The van der Waals surface area contributed by atoms with Crippen LogP contribution in [0, 0.1) is 0 Å². The third kappa shape index (κ3) is 3.92. The van der Waals surface area contributed by atoms with Gasteiger partial charge in [0.25, 0.3) is 15.6 Å². The number of nitrogens with zero attached hydrogens (tertiary/aromatic N) is 2. The van der Waals surface area contributed by atoms with E-state index >= 15 is 0 Å². The normalized spacial score (nSPS) is 11.5. The van der Waals surface area contributed by atoms with Crippen LogP contribution in [0.4, 0.5) is 5.69 Å². The second kappa shape index (κ2) is 7.89. The Morgan fingerprint density at radius 3 is 2.63 bits per heavy atom. The molecule has 2 aromatic carbocycles. The Labute approximate surface area is 178 Å². The number of fused-ring (bicyclic) bond motifs is 1. The second-order valence-electron chi connectivity index (χ2n) is 6.83. The van der Waals surface area contributed by atoms with Gasteiger partial charge in [0.2, 0.25) is 0 Å². The summed E-state index contributed by atoms with van der Waals surface area (Å²) in [6, 6.07) is 12.8. The van der Waals surface area contributed by atoms with E-state index in [2.05, 4.69) is 16.3 Å². The zero-order valence-corrected chi connectivity index (χ0v) is 17.8. The number of hydrogen-bond donors (Lipinski definition) is 1. The molecule has 152 valence electrons. The quantitative estimate of drug-likeness (QED) is 0.492. The average molecular weight is 438 g/mol. The fourth-order valence-electron chi connectivity index (χ4n) is 3.40. The van der Waals surface area contributed by atoms with Crippen molar-refractivity contribution in [1.82, 2.24) is 9.55 Å². The fourth-order valence-corrected chi connectivity index (χ4v) is 4.56. The zero-order chi connectivity index (χ0) is 21.3. The molecule has 0 fully saturated rings. The number of nitrogens with one attached hydrogen (secondary N) is 1. The number of aromatic nitrogens is 2. The molecule has 0 aliphatic heterocycles. The molecule has 0 unspecified atom stereocenters. The van der Waals surface area contributed by atoms with Crippen LogP contribution in [0.5, 0.6) is 0 Å². The van der Waals surface area contributed by atoms with Gasteiger partial charge in [-0.25, -0.2) is 8.42 Å². The highest BCUT2D eigenvalue weighted by molar-refractivity contribution is 7.95. The van der Waals surface area contributed by atoms with Crippen LogP contribution < -0.4 is 10.3 Å². The summed E-state index contributed by atoms with van der Waals surface area (Å²) in [5.74, 6) is 0. The lowest BCUT2D eigenvalue weighted by atomic mass is 9.94. The van der Waals surface area contributed by atoms with Crippen molar-refractivity contribution in [3.63, 3.8) is 0 Å². The number of sulfonamides is 1. The molecule has 4 aromatic rings. The zero-order valence-electron chi connectivity index (χ0n) is 16.2. The van der Waals surface area contributed by atoms with Gasteiger partial charge in [-0.05, 0) is 34.7 Å². The maximum atomic E-state index is 12.6. The first-order valence-corrected chi connectivity index (χ1v) is 11.5. The molecule has 0 atom stereocenters. The molecule has 0 spiro atoms. The van der Waals surface area contributed by atoms with E-state index in [9.17, 15) is 13.2 Å². The predicted molar refractivity (Wildman–Crippen MR) is 122 cm³/mol. The average Bonchev–Trinajstić information content (AvgIpc) is 3.25. The van der Waals surface area contributed by atoms with E-state index in [-0.39, 0.29) is 5.56 Å². The monoisotopic (exact) mass is 437 g/mol. The summed E-state index contributed by atoms with van der Waals surface area (Å²) in [4.78, 5) is 17.8. The molecule has 0 amide bonds. The molecule has 8 heteroatoms. The first-order chi connectivity index (χ1) is 14.4. The number of benzene rings is 2. The Hall–Kier alpha value is -3.23. The molecule has 2 aromatic heterocycles. The number of pyridine rings is 1. The van der Waals surface area contributed by atoms with E-state index in [1.807, 2.05) is 30.5 Å². The van der Waals surface area contributed by atoms with Crippen molar-refractivity contribution in [2.45, 2.75) is 6.42 Å². The van der Waals surface area contributed by atoms with Crippen LogP contribution >= 0.6 is 11.3 Å². The van der Waals surface area contributed by atoms with Crippen LogP contribution in [0.15, 0.2) is 77.2 Å². The van der Waals surface area contributed by atoms with Crippen LogP contribution in [0.25, 0.3) is 21.9 Å². The van der Waals surface area contributed by atoms with Gasteiger partial charge in [0.15, 0.2) is 0 Å². The molecule has 6 nitrogen and oxygen atoms in total. The lowest BCUT2D eigenvalue weighted by Crippen LogP contribution is -2.16. The minimum absolute atomic E-state index is 0.0816. The van der Waals surface area contributed by atoms with Crippen molar-refractivity contribution >= 4 is 37.8 Å². The molecule has 0 bridgehead atoms. The summed E-state index contributed by atoms with van der Waals surface area (Å²) in [5, 5.41) is 2.30. The van der Waals surface area contributed by atoms with E-state index < -0.39 is 10.0 Å². The molecular weight excluding hydrogens is 418 g/mol. The van der Waals surface area contributed by atoms with Gasteiger partial charge in [0.05, 0.1) is 5.51 Å². The van der Waals surface area contributed by atoms with Gasteiger partial charge in [-0.2, -0.15) is 0 Å². The molecule has 2 heterocycles. The van der Waals surface area contributed by atoms with Gasteiger partial charge in [-0.15, -0.1) is 11.3 Å². The molecule has 4 rings (SSSR count). The summed E-state index contributed by atoms with van der Waals surface area (Å²) < 4.78 is 28.0. The highest BCUT2D eigenvalue weighted by atomic mass is 32.2. The summed E-state index contributed by atoms with van der Waals surface area (Å²) in [7, 11) is -1.93. The molecule has 0 radical (unpaired) electrons. The van der Waals surface area contributed by atoms with Crippen LogP contribution in [-0.4, -0.2) is 18.0 Å². The first kappa shape index (κ1) is 20.1. The SMILES string of the molecule is C=CS(=O)(=O)Nc1ccc(Cc2cncs2)c(-c2cn(C)c(=O)c3ccccc23)c1. The largest absolute Gasteiger partial charge is 0.317 e. The highest BCUT2D eigenvalue weighted by Crippen LogP contribution is 2.33. The smallest absolute Gasteiger partial charge is 0.258 e. The Morgan fingerprint density at radius 1 is 1.17 bits per heavy atom. The molecule has 1 N–H and O–H groups in total. The number of thiazole rings is 1. The summed E-state index contributed by atoms with van der Waals surface area (Å²) >= 11 is 1.56. The lowest BCUT2D eigenvalue weighted by molar-refractivity contribution is 0.609. The maximum Gasteiger partial charge on any atom is 0.258 e. The Morgan fingerprint density at radius 2 is 1.93 bits per heavy atom. The van der Waals surface area contributed by atoms with Crippen LogP contribution in [0.1, 0.15) is 10.4 Å². The molecule has 0 saturated carbocycles. The van der Waals surface area contributed by atoms with Gasteiger partial charge >= 0.3 is 0 Å². The predicted octanol–water partition coefficient (Wildman–Crippen LogP) is 4.14. The number of anilines is 1. The Balaban J connectivity index is 1.96. The molecule has 0 aliphatic carbocycles. The molecule has 0 aliphatic rings. The molecular formula is C22H19N3O3S2. The van der Waals surface area contributed by atoms with E-state index in [1.165, 1.54) is 0 Å². The summed E-state index contributed by atoms with van der Waals surface area (Å²) in [5.41, 5.74) is 4.83. The van der Waals surface area contributed by atoms with Crippen molar-refractivity contribution in [2.75, 3.05) is 4.72 Å². The minimum atomic E-state index is -3.64. The summed E-state index contributed by atoms with van der Waals surface area (Å²) in [6.07, 6.45) is 4.26. The second-order valence-corrected chi connectivity index (χ2v) is 9.43. The van der Waals surface area contributed by atoms with Gasteiger partial charge < -0.3 is 4.57 Å². The summed E-state index contributed by atoms with van der Waals surface area (Å²) in [6.45, 7) is 3.34. The van der Waals surface area contributed by atoms with Gasteiger partial charge in [0.1, 0.15) is 0 Å². The van der Waals surface area contributed by atoms with E-state index in [0.29, 0.717) is 17.5 Å². The third-order valence-electron chi connectivity index (χ3n) is 4.82. The standard InChI is InChI=1S/C22H19N3O3S2/c1-3-30(27,28)24-16-9-8-15(10-17-12-23-14-29-17)20(11-16)21-13-25(2)22(26)19-7-5-4-6-18(19)21/h3-9,11-14,24H,1,10H2,2H3. The van der Waals surface area contributed by atoms with E-state index in [4.69, 9.17) is 0 Å². The molecule has 0 saturated heterocycles. The third-order valence-corrected chi connectivity index (χ3v) is 6.56. The van der Waals surface area contributed by atoms with Gasteiger partial charge in [-0.3, -0.25) is 14.5 Å². The van der Waals surface area contributed by atoms with Crippen molar-refractivity contribution < 1.29 is 8.42 Å². The number of rotatable bonds is 6. The minimum Gasteiger partial charge on any atom is -0.317 e. The highest BCUT2D eigenvalue weighted by Gasteiger charge is 2.15. The van der Waals surface area contributed by atoms with Crippen LogP contribution in [-0.2, 0) is 23.5 Å². The van der Waals surface area contributed by atoms with Crippen molar-refractivity contribution in [1.29, 1.82) is 0 Å². The van der Waals surface area contributed by atoms with E-state index in [0.717, 1.165) is 32.4 Å². The first-order valence-electron chi connectivity index (χ1n) is 9.12. The number of aryl methyl sites for hydroxylation is 1. The van der Waals surface area contributed by atoms with Gasteiger partial charge in [0, 0.05) is 52.8 Å². The fraction of sp³-hybridized carbons (Fsp3) is 0.0909. The topological polar surface area (TPSA) is 81.1 Å².